The number of para-hydroxylation sites is 1. The van der Waals surface area contributed by atoms with Gasteiger partial charge < -0.3 is 4.74 Å². The zero-order chi connectivity index (χ0) is 30.4. The van der Waals surface area contributed by atoms with E-state index in [9.17, 15) is 0 Å². The standard InChI is InChI=1S/C39H36N4O/c1-6-28-20-29(7-2)27(5)39(26(28)4)30-23-41-42(24-30)31-11-10-12-32(21-31)44-33-15-16-35-34-13-8-9-14-36(34)43(37(35)22-33)38-19-25(3)17-18-40-38/h8-24H,6-7H2,1-5H3. The van der Waals surface area contributed by atoms with Gasteiger partial charge in [-0.05, 0) is 109 Å². The lowest BCUT2D eigenvalue weighted by atomic mass is 9.88. The Kier molecular flexibility index (Phi) is 7.01. The first-order valence-corrected chi connectivity index (χ1v) is 15.4. The normalized spacial score (nSPS) is 11.5. The van der Waals surface area contributed by atoms with Crippen LogP contribution >= 0.6 is 0 Å². The molecule has 0 aliphatic heterocycles. The van der Waals surface area contributed by atoms with Gasteiger partial charge in [0.15, 0.2) is 0 Å². The Hall–Kier alpha value is -5.16. The molecule has 0 saturated heterocycles. The Labute approximate surface area is 258 Å². The Morgan fingerprint density at radius 2 is 1.45 bits per heavy atom. The van der Waals surface area contributed by atoms with Crippen LogP contribution in [0.1, 0.15) is 41.7 Å². The number of fused-ring (bicyclic) bond motifs is 3. The average Bonchev–Trinajstić information content (AvgIpc) is 3.65. The van der Waals surface area contributed by atoms with E-state index >= 15 is 0 Å². The van der Waals surface area contributed by atoms with Crippen molar-refractivity contribution in [2.24, 2.45) is 0 Å². The second kappa shape index (κ2) is 11.2. The van der Waals surface area contributed by atoms with Crippen LogP contribution in [-0.2, 0) is 12.8 Å². The van der Waals surface area contributed by atoms with E-state index in [4.69, 9.17) is 14.8 Å². The number of pyridine rings is 1. The van der Waals surface area contributed by atoms with E-state index in [0.717, 1.165) is 57.8 Å². The molecule has 0 N–H and O–H groups in total. The zero-order valence-electron chi connectivity index (χ0n) is 25.9. The van der Waals surface area contributed by atoms with Crippen LogP contribution in [0.15, 0.2) is 104 Å². The summed E-state index contributed by atoms with van der Waals surface area (Å²) in [5, 5.41) is 7.13. The molecule has 0 amide bonds. The Morgan fingerprint density at radius 1 is 0.705 bits per heavy atom. The molecule has 0 saturated carbocycles. The zero-order valence-corrected chi connectivity index (χ0v) is 25.9. The highest BCUT2D eigenvalue weighted by molar-refractivity contribution is 6.09. The summed E-state index contributed by atoms with van der Waals surface area (Å²) in [6.45, 7) is 11.0. The van der Waals surface area contributed by atoms with Crippen molar-refractivity contribution in [2.45, 2.75) is 47.5 Å². The van der Waals surface area contributed by atoms with Crippen molar-refractivity contribution in [3.8, 4) is 34.1 Å². The molecule has 0 bridgehead atoms. The van der Waals surface area contributed by atoms with Crippen LogP contribution in [0.3, 0.4) is 0 Å². The highest BCUT2D eigenvalue weighted by atomic mass is 16.5. The van der Waals surface area contributed by atoms with Crippen LogP contribution < -0.4 is 4.74 Å². The number of ether oxygens (including phenoxy) is 1. The maximum absolute atomic E-state index is 6.47. The van der Waals surface area contributed by atoms with Crippen molar-refractivity contribution in [2.75, 3.05) is 0 Å². The molecule has 5 heteroatoms. The van der Waals surface area contributed by atoms with Gasteiger partial charge in [0.05, 0.1) is 22.9 Å². The van der Waals surface area contributed by atoms with E-state index in [1.54, 1.807) is 0 Å². The van der Waals surface area contributed by atoms with Crippen molar-refractivity contribution < 1.29 is 4.74 Å². The Bertz CT molecular complexity index is 2140. The third-order valence-corrected chi connectivity index (χ3v) is 8.79. The SMILES string of the molecule is CCc1cc(CC)c(C)c(-c2cnn(-c3cccc(Oc4ccc5c6ccccc6n(-c6cc(C)ccn6)c5c4)c3)c2)c1C. The number of aryl methyl sites for hydroxylation is 3. The number of rotatable bonds is 7. The summed E-state index contributed by atoms with van der Waals surface area (Å²) in [5.41, 5.74) is 12.2. The molecule has 0 radical (unpaired) electrons. The molecule has 3 heterocycles. The largest absolute Gasteiger partial charge is 0.457 e. The predicted octanol–water partition coefficient (Wildman–Crippen LogP) is 9.87. The summed E-state index contributed by atoms with van der Waals surface area (Å²) in [6.07, 6.45) is 8.02. The molecular weight excluding hydrogens is 540 g/mol. The second-order valence-corrected chi connectivity index (χ2v) is 11.5. The summed E-state index contributed by atoms with van der Waals surface area (Å²) in [4.78, 5) is 4.71. The first kappa shape index (κ1) is 27.7. The smallest absolute Gasteiger partial charge is 0.137 e. The monoisotopic (exact) mass is 576 g/mol. The van der Waals surface area contributed by atoms with Gasteiger partial charge in [-0.15, -0.1) is 0 Å². The lowest BCUT2D eigenvalue weighted by Crippen LogP contribution is -1.99. The molecule has 0 fully saturated rings. The molecule has 0 unspecified atom stereocenters. The molecule has 218 valence electrons. The van der Waals surface area contributed by atoms with Gasteiger partial charge in [0.25, 0.3) is 0 Å². The third-order valence-electron chi connectivity index (χ3n) is 8.79. The van der Waals surface area contributed by atoms with Crippen LogP contribution in [0.4, 0.5) is 0 Å². The van der Waals surface area contributed by atoms with Crippen molar-refractivity contribution in [3.05, 3.63) is 131 Å². The fourth-order valence-corrected chi connectivity index (χ4v) is 6.52. The summed E-state index contributed by atoms with van der Waals surface area (Å²) < 4.78 is 10.6. The molecule has 4 aromatic carbocycles. The summed E-state index contributed by atoms with van der Waals surface area (Å²) in [5.74, 6) is 2.41. The van der Waals surface area contributed by atoms with Gasteiger partial charge in [-0.1, -0.05) is 44.2 Å². The highest BCUT2D eigenvalue weighted by Crippen LogP contribution is 2.36. The molecule has 7 aromatic rings. The van der Waals surface area contributed by atoms with Gasteiger partial charge in [0.2, 0.25) is 0 Å². The third kappa shape index (κ3) is 4.75. The molecule has 44 heavy (non-hydrogen) atoms. The van der Waals surface area contributed by atoms with Crippen molar-refractivity contribution in [1.29, 1.82) is 0 Å². The summed E-state index contributed by atoms with van der Waals surface area (Å²) in [6, 6.07) is 29.4. The molecule has 0 atom stereocenters. The van der Waals surface area contributed by atoms with Crippen molar-refractivity contribution in [3.63, 3.8) is 0 Å². The molecule has 7 rings (SSSR count). The highest BCUT2D eigenvalue weighted by Gasteiger charge is 2.16. The first-order valence-electron chi connectivity index (χ1n) is 15.4. The number of hydrogen-bond donors (Lipinski definition) is 0. The van der Waals surface area contributed by atoms with Crippen LogP contribution in [0.25, 0.3) is 44.4 Å². The molecule has 0 spiro atoms. The minimum Gasteiger partial charge on any atom is -0.457 e. The first-order chi connectivity index (χ1) is 21.4. The maximum atomic E-state index is 6.47. The molecule has 0 aliphatic rings. The van der Waals surface area contributed by atoms with Gasteiger partial charge >= 0.3 is 0 Å². The number of benzene rings is 4. The molecule has 0 aliphatic carbocycles. The fourth-order valence-electron chi connectivity index (χ4n) is 6.52. The van der Waals surface area contributed by atoms with Crippen LogP contribution in [0, 0.1) is 20.8 Å². The molecule has 5 nitrogen and oxygen atoms in total. The van der Waals surface area contributed by atoms with Gasteiger partial charge in [-0.2, -0.15) is 5.10 Å². The van der Waals surface area contributed by atoms with Gasteiger partial charge in [0, 0.05) is 40.9 Å². The molecule has 3 aromatic heterocycles. The quantitative estimate of drug-likeness (QED) is 0.190. The van der Waals surface area contributed by atoms with Crippen LogP contribution in [0.2, 0.25) is 0 Å². The van der Waals surface area contributed by atoms with E-state index < -0.39 is 0 Å². The number of nitrogens with zero attached hydrogens (tertiary/aromatic N) is 4. The predicted molar refractivity (Wildman–Crippen MR) is 181 cm³/mol. The minimum absolute atomic E-state index is 0.754. The number of aromatic nitrogens is 4. The average molecular weight is 577 g/mol. The van der Waals surface area contributed by atoms with E-state index in [1.807, 2.05) is 47.4 Å². The van der Waals surface area contributed by atoms with E-state index in [1.165, 1.54) is 38.8 Å². The lowest BCUT2D eigenvalue weighted by Gasteiger charge is -2.16. The van der Waals surface area contributed by atoms with E-state index in [2.05, 4.69) is 100.0 Å². The van der Waals surface area contributed by atoms with E-state index in [-0.39, 0.29) is 0 Å². The van der Waals surface area contributed by atoms with Crippen molar-refractivity contribution >= 4 is 21.8 Å². The Balaban J connectivity index is 1.25. The van der Waals surface area contributed by atoms with E-state index in [0.29, 0.717) is 0 Å². The summed E-state index contributed by atoms with van der Waals surface area (Å²) in [7, 11) is 0. The maximum Gasteiger partial charge on any atom is 0.137 e. The minimum atomic E-state index is 0.754. The summed E-state index contributed by atoms with van der Waals surface area (Å²) >= 11 is 0. The van der Waals surface area contributed by atoms with Crippen LogP contribution in [0.5, 0.6) is 11.5 Å². The fraction of sp³-hybridized carbons (Fsp3) is 0.179. The van der Waals surface area contributed by atoms with Gasteiger partial charge in [0.1, 0.15) is 17.3 Å². The second-order valence-electron chi connectivity index (χ2n) is 11.5. The molecular formula is C39H36N4O. The van der Waals surface area contributed by atoms with Gasteiger partial charge in [-0.25, -0.2) is 9.67 Å². The van der Waals surface area contributed by atoms with Crippen LogP contribution in [-0.4, -0.2) is 19.3 Å². The topological polar surface area (TPSA) is 44.9 Å². The Morgan fingerprint density at radius 3 is 2.23 bits per heavy atom. The number of hydrogen-bond acceptors (Lipinski definition) is 3. The van der Waals surface area contributed by atoms with Crippen molar-refractivity contribution in [1.82, 2.24) is 19.3 Å². The van der Waals surface area contributed by atoms with Gasteiger partial charge in [-0.3, -0.25) is 4.57 Å². The lowest BCUT2D eigenvalue weighted by molar-refractivity contribution is 0.483.